The lowest BCUT2D eigenvalue weighted by Crippen LogP contribution is -2.50. The van der Waals surface area contributed by atoms with Crippen molar-refractivity contribution in [3.63, 3.8) is 0 Å². The number of benzene rings is 1. The van der Waals surface area contributed by atoms with Gasteiger partial charge >= 0.3 is 11.9 Å². The molecule has 0 aliphatic heterocycles. The monoisotopic (exact) mass is 339 g/mol. The van der Waals surface area contributed by atoms with Gasteiger partial charge in [-0.3, -0.25) is 9.59 Å². The van der Waals surface area contributed by atoms with E-state index in [1.54, 1.807) is 6.07 Å². The number of ether oxygens (including phenoxy) is 2. The lowest BCUT2D eigenvalue weighted by atomic mass is 10.1. The fraction of sp³-hybridized carbons (Fsp3) is 0.529. The van der Waals surface area contributed by atoms with E-state index in [2.05, 4.69) is 5.73 Å². The standard InChI is InChI=1S/C17H26N2O5/c1-2-3-9-23-17(22)13(19)10-12-6-7-14(20)15(11-12)24-16(21)5-4-8-18/h6-7,11,13,20H,2-5,8-10,18-19H2,1H3/p+1/t13-/m0/s1. The second kappa shape index (κ2) is 10.6. The number of hydrogen-bond acceptors (Lipinski definition) is 6. The molecule has 0 bridgehead atoms. The molecule has 0 saturated carbocycles. The van der Waals surface area contributed by atoms with Crippen molar-refractivity contribution in [1.82, 2.24) is 0 Å². The third-order valence-electron chi connectivity index (χ3n) is 3.38. The number of hydrogen-bond donors (Lipinski definition) is 3. The van der Waals surface area contributed by atoms with E-state index in [-0.39, 0.29) is 24.3 Å². The van der Waals surface area contributed by atoms with Crippen LogP contribution in [-0.4, -0.2) is 36.2 Å². The van der Waals surface area contributed by atoms with E-state index in [0.29, 0.717) is 25.1 Å². The minimum absolute atomic E-state index is 0.0631. The Morgan fingerprint density at radius 2 is 2.08 bits per heavy atom. The molecule has 0 amide bonds. The SMILES string of the molecule is CCCCOC(=O)[C@@H](N)Cc1ccc(O)c(OC(=O)CCC[NH3+])c1. The molecule has 0 heterocycles. The zero-order chi connectivity index (χ0) is 17.9. The number of phenols is 1. The molecule has 0 spiro atoms. The molecule has 0 aliphatic rings. The molecule has 1 aromatic rings. The van der Waals surface area contributed by atoms with Crippen molar-refractivity contribution in [3.8, 4) is 11.5 Å². The zero-order valence-corrected chi connectivity index (χ0v) is 14.1. The predicted octanol–water partition coefficient (Wildman–Crippen LogP) is 0.533. The Balaban J connectivity index is 2.64. The molecule has 134 valence electrons. The Labute approximate surface area is 141 Å². The van der Waals surface area contributed by atoms with Crippen molar-refractivity contribution in [2.45, 2.75) is 45.1 Å². The number of carbonyl (C=O) groups excluding carboxylic acids is 2. The van der Waals surface area contributed by atoms with E-state index in [0.717, 1.165) is 12.8 Å². The lowest BCUT2D eigenvalue weighted by molar-refractivity contribution is -0.368. The van der Waals surface area contributed by atoms with Gasteiger partial charge in [0, 0.05) is 6.42 Å². The summed E-state index contributed by atoms with van der Waals surface area (Å²) >= 11 is 0. The summed E-state index contributed by atoms with van der Waals surface area (Å²) < 4.78 is 10.2. The number of rotatable bonds is 10. The Morgan fingerprint density at radius 1 is 1.33 bits per heavy atom. The van der Waals surface area contributed by atoms with Crippen LogP contribution < -0.4 is 16.2 Å². The van der Waals surface area contributed by atoms with Gasteiger partial charge in [-0.15, -0.1) is 0 Å². The minimum atomic E-state index is -0.805. The number of quaternary nitrogens is 1. The van der Waals surface area contributed by atoms with Gasteiger partial charge in [-0.25, -0.2) is 0 Å². The molecule has 1 rings (SSSR count). The van der Waals surface area contributed by atoms with Crippen molar-refractivity contribution in [2.24, 2.45) is 5.73 Å². The van der Waals surface area contributed by atoms with Crippen LogP contribution in [0.1, 0.15) is 38.2 Å². The molecule has 0 radical (unpaired) electrons. The summed E-state index contributed by atoms with van der Waals surface area (Å²) in [5.74, 6) is -0.978. The van der Waals surface area contributed by atoms with E-state index in [9.17, 15) is 14.7 Å². The smallest absolute Gasteiger partial charge is 0.323 e. The van der Waals surface area contributed by atoms with Gasteiger partial charge in [0.15, 0.2) is 11.5 Å². The number of esters is 2. The first kappa shape index (κ1) is 19.9. The van der Waals surface area contributed by atoms with Gasteiger partial charge in [-0.05, 0) is 30.5 Å². The van der Waals surface area contributed by atoms with Crippen molar-refractivity contribution < 1.29 is 29.9 Å². The average Bonchev–Trinajstić information content (AvgIpc) is 2.56. The van der Waals surface area contributed by atoms with E-state index in [1.165, 1.54) is 12.1 Å². The summed E-state index contributed by atoms with van der Waals surface area (Å²) in [6.07, 6.45) is 2.81. The third-order valence-corrected chi connectivity index (χ3v) is 3.38. The topological polar surface area (TPSA) is 126 Å². The zero-order valence-electron chi connectivity index (χ0n) is 14.1. The van der Waals surface area contributed by atoms with Gasteiger partial charge in [-0.2, -0.15) is 0 Å². The van der Waals surface area contributed by atoms with Crippen LogP contribution in [-0.2, 0) is 20.7 Å². The molecule has 0 fully saturated rings. The van der Waals surface area contributed by atoms with Crippen LogP contribution in [0.25, 0.3) is 0 Å². The van der Waals surface area contributed by atoms with Crippen molar-refractivity contribution in [1.29, 1.82) is 0 Å². The maximum Gasteiger partial charge on any atom is 0.323 e. The van der Waals surface area contributed by atoms with Gasteiger partial charge < -0.3 is 26.0 Å². The Kier molecular flexibility index (Phi) is 8.81. The molecule has 0 saturated heterocycles. The molecule has 1 aromatic carbocycles. The predicted molar refractivity (Wildman–Crippen MR) is 88.3 cm³/mol. The number of nitrogens with two attached hydrogens (primary N) is 1. The normalized spacial score (nSPS) is 11.8. The molecule has 1 atom stereocenters. The van der Waals surface area contributed by atoms with Crippen molar-refractivity contribution >= 4 is 11.9 Å². The van der Waals surface area contributed by atoms with Crippen LogP contribution in [0.15, 0.2) is 18.2 Å². The molecule has 0 aliphatic carbocycles. The Hall–Kier alpha value is -2.12. The number of aromatic hydroxyl groups is 1. The van der Waals surface area contributed by atoms with E-state index >= 15 is 0 Å². The van der Waals surface area contributed by atoms with Crippen LogP contribution in [0, 0.1) is 0 Å². The summed E-state index contributed by atoms with van der Waals surface area (Å²) in [6, 6.07) is 3.74. The van der Waals surface area contributed by atoms with Gasteiger partial charge in [0.25, 0.3) is 0 Å². The Morgan fingerprint density at radius 3 is 2.75 bits per heavy atom. The highest BCUT2D eigenvalue weighted by molar-refractivity contribution is 5.76. The quantitative estimate of drug-likeness (QED) is 0.324. The first-order valence-electron chi connectivity index (χ1n) is 8.22. The molecule has 6 N–H and O–H groups in total. The van der Waals surface area contributed by atoms with Crippen LogP contribution >= 0.6 is 0 Å². The Bertz CT molecular complexity index is 548. The largest absolute Gasteiger partial charge is 0.504 e. The van der Waals surface area contributed by atoms with Crippen molar-refractivity contribution in [2.75, 3.05) is 13.2 Å². The summed E-state index contributed by atoms with van der Waals surface area (Å²) in [7, 11) is 0. The summed E-state index contributed by atoms with van der Waals surface area (Å²) in [4.78, 5) is 23.4. The van der Waals surface area contributed by atoms with Gasteiger partial charge in [0.05, 0.1) is 19.6 Å². The first-order valence-corrected chi connectivity index (χ1v) is 8.22. The van der Waals surface area contributed by atoms with Crippen LogP contribution in [0.5, 0.6) is 11.5 Å². The molecular weight excluding hydrogens is 312 g/mol. The molecule has 7 nitrogen and oxygen atoms in total. The maximum atomic E-state index is 11.8. The van der Waals surface area contributed by atoms with Crippen LogP contribution in [0.4, 0.5) is 0 Å². The highest BCUT2D eigenvalue weighted by Gasteiger charge is 2.17. The number of phenolic OH excluding ortho intramolecular Hbond substituents is 1. The van der Waals surface area contributed by atoms with E-state index in [1.807, 2.05) is 6.92 Å². The molecule has 7 heteroatoms. The number of carbonyl (C=O) groups is 2. The highest BCUT2D eigenvalue weighted by Crippen LogP contribution is 2.27. The average molecular weight is 339 g/mol. The number of unbranched alkanes of at least 4 members (excludes halogenated alkanes) is 1. The second-order valence-corrected chi connectivity index (χ2v) is 5.56. The second-order valence-electron chi connectivity index (χ2n) is 5.56. The fourth-order valence-corrected chi connectivity index (χ4v) is 1.97. The summed E-state index contributed by atoms with van der Waals surface area (Å²) in [6.45, 7) is 2.99. The van der Waals surface area contributed by atoms with Crippen molar-refractivity contribution in [3.05, 3.63) is 23.8 Å². The highest BCUT2D eigenvalue weighted by atomic mass is 16.5. The molecule has 24 heavy (non-hydrogen) atoms. The van der Waals surface area contributed by atoms with E-state index < -0.39 is 18.0 Å². The summed E-state index contributed by atoms with van der Waals surface area (Å²) in [5, 5.41) is 9.78. The van der Waals surface area contributed by atoms with Crippen LogP contribution in [0.2, 0.25) is 0 Å². The first-order chi connectivity index (χ1) is 11.5. The third kappa shape index (κ3) is 6.97. The molecule has 0 unspecified atom stereocenters. The summed E-state index contributed by atoms with van der Waals surface area (Å²) in [5.41, 5.74) is 10.2. The van der Waals surface area contributed by atoms with E-state index in [4.69, 9.17) is 15.2 Å². The van der Waals surface area contributed by atoms with Gasteiger partial charge in [0.2, 0.25) is 0 Å². The fourth-order valence-electron chi connectivity index (χ4n) is 1.97. The van der Waals surface area contributed by atoms with Gasteiger partial charge in [-0.1, -0.05) is 19.4 Å². The van der Waals surface area contributed by atoms with Crippen LogP contribution in [0.3, 0.4) is 0 Å². The molecule has 0 aromatic heterocycles. The lowest BCUT2D eigenvalue weighted by Gasteiger charge is -2.13. The minimum Gasteiger partial charge on any atom is -0.504 e. The molecular formula is C17H27N2O5+. The van der Waals surface area contributed by atoms with Gasteiger partial charge in [0.1, 0.15) is 6.04 Å². The maximum absolute atomic E-state index is 11.8.